The quantitative estimate of drug-likeness (QED) is 0.630. The summed E-state index contributed by atoms with van der Waals surface area (Å²) in [4.78, 5) is 12.2. The number of benzene rings is 2. The minimum absolute atomic E-state index is 0.0203. The number of ketones is 1. The Bertz CT molecular complexity index is 660. The van der Waals surface area contributed by atoms with E-state index in [0.29, 0.717) is 23.9 Å². The molecule has 0 aliphatic heterocycles. The molecule has 0 saturated carbocycles. The first-order valence-electron chi connectivity index (χ1n) is 5.88. The Morgan fingerprint density at radius 1 is 1.05 bits per heavy atom. The van der Waals surface area contributed by atoms with Crippen LogP contribution in [0.1, 0.15) is 21.5 Å². The maximum absolute atomic E-state index is 13.2. The van der Waals surface area contributed by atoms with Crippen molar-refractivity contribution in [3.8, 4) is 5.75 Å². The van der Waals surface area contributed by atoms with Crippen LogP contribution in [0.4, 0.5) is 17.6 Å². The smallest absolute Gasteiger partial charge is 0.417 e. The zero-order chi connectivity index (χ0) is 15.6. The highest BCUT2D eigenvalue weighted by molar-refractivity contribution is 6.10. The van der Waals surface area contributed by atoms with Gasteiger partial charge in [0.2, 0.25) is 0 Å². The van der Waals surface area contributed by atoms with Crippen LogP contribution in [0.25, 0.3) is 0 Å². The van der Waals surface area contributed by atoms with Crippen LogP contribution in [0, 0.1) is 5.82 Å². The second-order valence-corrected chi connectivity index (χ2v) is 4.25. The molecule has 0 saturated heterocycles. The Hall–Kier alpha value is -2.37. The number of alkyl halides is 3. The summed E-state index contributed by atoms with van der Waals surface area (Å²) < 4.78 is 56.7. The number of methoxy groups -OCH3 is 1. The van der Waals surface area contributed by atoms with Gasteiger partial charge in [-0.1, -0.05) is 0 Å². The van der Waals surface area contributed by atoms with Crippen molar-refractivity contribution in [3.05, 3.63) is 65.0 Å². The van der Waals surface area contributed by atoms with Gasteiger partial charge >= 0.3 is 6.18 Å². The molecule has 0 N–H and O–H groups in total. The molecule has 2 rings (SSSR count). The van der Waals surface area contributed by atoms with Gasteiger partial charge in [0.05, 0.1) is 12.7 Å². The molecule has 0 fully saturated rings. The van der Waals surface area contributed by atoms with Crippen LogP contribution in [-0.4, -0.2) is 12.9 Å². The maximum atomic E-state index is 13.2. The van der Waals surface area contributed by atoms with Gasteiger partial charge in [0, 0.05) is 11.1 Å². The largest absolute Gasteiger partial charge is 0.497 e. The van der Waals surface area contributed by atoms with Gasteiger partial charge < -0.3 is 4.74 Å². The fourth-order valence-corrected chi connectivity index (χ4v) is 1.85. The summed E-state index contributed by atoms with van der Waals surface area (Å²) in [6.07, 6.45) is -4.73. The van der Waals surface area contributed by atoms with Gasteiger partial charge in [0.25, 0.3) is 0 Å². The number of rotatable bonds is 3. The van der Waals surface area contributed by atoms with Gasteiger partial charge in [-0.25, -0.2) is 4.39 Å². The van der Waals surface area contributed by atoms with Crippen molar-refractivity contribution in [3.63, 3.8) is 0 Å². The van der Waals surface area contributed by atoms with E-state index >= 15 is 0 Å². The van der Waals surface area contributed by atoms with Crippen LogP contribution in [-0.2, 0) is 6.18 Å². The Morgan fingerprint density at radius 3 is 2.19 bits per heavy atom. The number of hydrogen-bond donors (Lipinski definition) is 0. The molecule has 0 heterocycles. The first-order valence-corrected chi connectivity index (χ1v) is 5.88. The highest BCUT2D eigenvalue weighted by Crippen LogP contribution is 2.33. The molecular formula is C15H10F4O2. The molecule has 0 spiro atoms. The minimum atomic E-state index is -4.73. The second-order valence-electron chi connectivity index (χ2n) is 4.25. The number of halogens is 4. The molecular weight excluding hydrogens is 288 g/mol. The Labute approximate surface area is 118 Å². The maximum Gasteiger partial charge on any atom is 0.417 e. The lowest BCUT2D eigenvalue weighted by molar-refractivity contribution is -0.137. The van der Waals surface area contributed by atoms with Gasteiger partial charge in [-0.15, -0.1) is 0 Å². The van der Waals surface area contributed by atoms with E-state index in [1.54, 1.807) is 0 Å². The summed E-state index contributed by atoms with van der Waals surface area (Å²) in [5, 5.41) is 0. The average Bonchev–Trinajstić information content (AvgIpc) is 2.45. The molecule has 2 aromatic carbocycles. The topological polar surface area (TPSA) is 26.3 Å². The average molecular weight is 298 g/mol. The molecule has 0 bridgehead atoms. The first kappa shape index (κ1) is 15.0. The first-order chi connectivity index (χ1) is 9.82. The third-order valence-electron chi connectivity index (χ3n) is 2.88. The summed E-state index contributed by atoms with van der Waals surface area (Å²) in [5.41, 5.74) is -1.86. The zero-order valence-corrected chi connectivity index (χ0v) is 10.9. The van der Waals surface area contributed by atoms with E-state index in [1.807, 2.05) is 0 Å². The molecule has 0 amide bonds. The van der Waals surface area contributed by atoms with E-state index in [1.165, 1.54) is 31.4 Å². The van der Waals surface area contributed by atoms with Crippen molar-refractivity contribution in [2.45, 2.75) is 6.18 Å². The Balaban J connectivity index is 2.49. The molecule has 0 aromatic heterocycles. The van der Waals surface area contributed by atoms with Gasteiger partial charge in [0.1, 0.15) is 11.6 Å². The molecule has 110 valence electrons. The summed E-state index contributed by atoms with van der Waals surface area (Å²) in [5.74, 6) is -1.34. The van der Waals surface area contributed by atoms with Crippen LogP contribution in [0.2, 0.25) is 0 Å². The predicted molar refractivity (Wildman–Crippen MR) is 67.8 cm³/mol. The summed E-state index contributed by atoms with van der Waals surface area (Å²) in [7, 11) is 1.42. The molecule has 0 aliphatic carbocycles. The molecule has 0 unspecified atom stereocenters. The fourth-order valence-electron chi connectivity index (χ4n) is 1.85. The number of carbonyl (C=O) groups excluding carboxylic acids is 1. The fraction of sp³-hybridized carbons (Fsp3) is 0.133. The lowest BCUT2D eigenvalue weighted by Gasteiger charge is -2.12. The van der Waals surface area contributed by atoms with Crippen molar-refractivity contribution in [2.75, 3.05) is 7.11 Å². The SMILES string of the molecule is COc1ccc(C(=O)c2cc(F)ccc2C(F)(F)F)cc1. The molecule has 0 atom stereocenters. The molecule has 21 heavy (non-hydrogen) atoms. The van der Waals surface area contributed by atoms with Gasteiger partial charge in [-0.2, -0.15) is 13.2 Å². The third-order valence-corrected chi connectivity index (χ3v) is 2.88. The second kappa shape index (κ2) is 5.55. The molecule has 0 aliphatic rings. The standard InChI is InChI=1S/C15H10F4O2/c1-21-11-5-2-9(3-6-11)14(20)12-8-10(16)4-7-13(12)15(17,18)19/h2-8H,1H3. The Kier molecular flexibility index (Phi) is 3.97. The molecule has 6 heteroatoms. The third kappa shape index (κ3) is 3.21. The minimum Gasteiger partial charge on any atom is -0.497 e. The van der Waals surface area contributed by atoms with Crippen molar-refractivity contribution in [1.29, 1.82) is 0 Å². The van der Waals surface area contributed by atoms with Crippen molar-refractivity contribution in [2.24, 2.45) is 0 Å². The summed E-state index contributed by atoms with van der Waals surface area (Å²) in [6.45, 7) is 0. The molecule has 2 aromatic rings. The molecule has 2 nitrogen and oxygen atoms in total. The zero-order valence-electron chi connectivity index (χ0n) is 10.9. The van der Waals surface area contributed by atoms with E-state index in [2.05, 4.69) is 0 Å². The van der Waals surface area contributed by atoms with Crippen LogP contribution in [0.3, 0.4) is 0 Å². The highest BCUT2D eigenvalue weighted by Gasteiger charge is 2.35. The van der Waals surface area contributed by atoms with Crippen molar-refractivity contribution < 1.29 is 27.1 Å². The summed E-state index contributed by atoms with van der Waals surface area (Å²) >= 11 is 0. The van der Waals surface area contributed by atoms with Crippen molar-refractivity contribution >= 4 is 5.78 Å². The normalized spacial score (nSPS) is 11.3. The lowest BCUT2D eigenvalue weighted by atomic mass is 9.98. The monoisotopic (exact) mass is 298 g/mol. The van der Waals surface area contributed by atoms with Gasteiger partial charge in [0.15, 0.2) is 5.78 Å². The van der Waals surface area contributed by atoms with Crippen LogP contribution in [0.5, 0.6) is 5.75 Å². The van der Waals surface area contributed by atoms with E-state index in [9.17, 15) is 22.4 Å². The number of ether oxygens (including phenoxy) is 1. The van der Waals surface area contributed by atoms with Crippen LogP contribution in [0.15, 0.2) is 42.5 Å². The van der Waals surface area contributed by atoms with E-state index in [0.717, 1.165) is 0 Å². The Morgan fingerprint density at radius 2 is 1.67 bits per heavy atom. The van der Waals surface area contributed by atoms with Gasteiger partial charge in [-0.05, 0) is 42.5 Å². The summed E-state index contributed by atoms with van der Waals surface area (Å²) in [6, 6.07) is 7.37. The highest BCUT2D eigenvalue weighted by atomic mass is 19.4. The van der Waals surface area contributed by atoms with E-state index in [4.69, 9.17) is 4.74 Å². The van der Waals surface area contributed by atoms with Crippen LogP contribution < -0.4 is 4.74 Å². The lowest BCUT2D eigenvalue weighted by Crippen LogP contribution is -2.14. The number of carbonyl (C=O) groups is 1. The molecule has 0 radical (unpaired) electrons. The van der Waals surface area contributed by atoms with E-state index in [-0.39, 0.29) is 5.56 Å². The predicted octanol–water partition coefficient (Wildman–Crippen LogP) is 4.08. The number of hydrogen-bond acceptors (Lipinski definition) is 2. The van der Waals surface area contributed by atoms with E-state index < -0.39 is 28.9 Å². The van der Waals surface area contributed by atoms with Gasteiger partial charge in [-0.3, -0.25) is 4.79 Å². The van der Waals surface area contributed by atoms with Crippen molar-refractivity contribution in [1.82, 2.24) is 0 Å². The van der Waals surface area contributed by atoms with Crippen LogP contribution >= 0.6 is 0 Å².